The second kappa shape index (κ2) is 5.83. The van der Waals surface area contributed by atoms with Crippen LogP contribution in [0.4, 0.5) is 0 Å². The average molecular weight is 248 g/mol. The van der Waals surface area contributed by atoms with Crippen molar-refractivity contribution in [2.24, 2.45) is 16.5 Å². The van der Waals surface area contributed by atoms with Gasteiger partial charge in [-0.25, -0.2) is 4.99 Å². The van der Waals surface area contributed by atoms with Crippen LogP contribution in [0.1, 0.15) is 11.1 Å². The summed E-state index contributed by atoms with van der Waals surface area (Å²) >= 11 is 0. The van der Waals surface area contributed by atoms with E-state index in [2.05, 4.69) is 29.3 Å². The van der Waals surface area contributed by atoms with Crippen LogP contribution in [0, 0.1) is 0 Å². The van der Waals surface area contributed by atoms with Gasteiger partial charge in [-0.3, -0.25) is 0 Å². The third-order valence-electron chi connectivity index (χ3n) is 2.36. The molecule has 1 aromatic rings. The van der Waals surface area contributed by atoms with Gasteiger partial charge in [0.15, 0.2) is 5.96 Å². The van der Waals surface area contributed by atoms with Crippen LogP contribution in [0.5, 0.6) is 0 Å². The largest absolute Gasteiger partial charge is 0.370 e. The van der Waals surface area contributed by atoms with Crippen molar-refractivity contribution in [2.75, 3.05) is 0 Å². The number of aliphatic imine (C=N–C) groups is 1. The van der Waals surface area contributed by atoms with E-state index in [1.807, 2.05) is 0 Å². The van der Waals surface area contributed by atoms with Crippen molar-refractivity contribution in [3.63, 3.8) is 0 Å². The van der Waals surface area contributed by atoms with E-state index in [0.29, 0.717) is 0 Å². The van der Waals surface area contributed by atoms with Gasteiger partial charge in [0.2, 0.25) is 0 Å². The maximum Gasteiger partial charge on any atom is 0.186 e. The number of halogens is 2. The molecule has 1 aliphatic rings. The van der Waals surface area contributed by atoms with Crippen LogP contribution in [0.3, 0.4) is 0 Å². The molecule has 0 amide bonds. The lowest BCUT2D eigenvalue weighted by Gasteiger charge is -2.01. The minimum atomic E-state index is 0. The van der Waals surface area contributed by atoms with Crippen molar-refractivity contribution in [3.8, 4) is 0 Å². The highest BCUT2D eigenvalue weighted by Gasteiger charge is 2.19. The summed E-state index contributed by atoms with van der Waals surface area (Å²) in [5.74, 6) is 0.192. The number of nitrogens with two attached hydrogens (primary N) is 2. The molecule has 0 unspecified atom stereocenters. The monoisotopic (exact) mass is 247 g/mol. The van der Waals surface area contributed by atoms with E-state index in [1.54, 1.807) is 0 Å². The average Bonchev–Trinajstić information content (AvgIpc) is 2.44. The van der Waals surface area contributed by atoms with E-state index in [9.17, 15) is 0 Å². The molecule has 0 saturated heterocycles. The highest BCUT2D eigenvalue weighted by atomic mass is 35.5. The minimum Gasteiger partial charge on any atom is -0.370 e. The molecule has 0 radical (unpaired) electrons. The van der Waals surface area contributed by atoms with Gasteiger partial charge in [-0.2, -0.15) is 0 Å². The van der Waals surface area contributed by atoms with Gasteiger partial charge >= 0.3 is 0 Å². The van der Waals surface area contributed by atoms with Gasteiger partial charge in [0.25, 0.3) is 0 Å². The van der Waals surface area contributed by atoms with Crippen molar-refractivity contribution < 1.29 is 0 Å². The van der Waals surface area contributed by atoms with Crippen molar-refractivity contribution in [1.82, 2.24) is 0 Å². The van der Waals surface area contributed by atoms with Gasteiger partial charge in [-0.15, -0.1) is 24.8 Å². The molecule has 0 heterocycles. The van der Waals surface area contributed by atoms with Gasteiger partial charge in [0.1, 0.15) is 0 Å². The van der Waals surface area contributed by atoms with Crippen molar-refractivity contribution in [1.29, 1.82) is 0 Å². The third-order valence-corrected chi connectivity index (χ3v) is 2.36. The third kappa shape index (κ3) is 3.29. The fourth-order valence-electron chi connectivity index (χ4n) is 1.84. The Morgan fingerprint density at radius 3 is 1.93 bits per heavy atom. The smallest absolute Gasteiger partial charge is 0.186 e. The lowest BCUT2D eigenvalue weighted by Crippen LogP contribution is -2.25. The summed E-state index contributed by atoms with van der Waals surface area (Å²) in [6.45, 7) is 0. The van der Waals surface area contributed by atoms with Gasteiger partial charge in [-0.05, 0) is 24.0 Å². The Bertz CT molecular complexity index is 323. The zero-order valence-corrected chi connectivity index (χ0v) is 9.85. The maximum atomic E-state index is 5.33. The van der Waals surface area contributed by atoms with Crippen molar-refractivity contribution >= 4 is 30.8 Å². The van der Waals surface area contributed by atoms with Crippen LogP contribution in [-0.4, -0.2) is 12.0 Å². The first-order valence-corrected chi connectivity index (χ1v) is 4.41. The molecule has 1 aromatic carbocycles. The minimum absolute atomic E-state index is 0. The standard InChI is InChI=1S/C10H13N3.2ClH/c11-10(12)13-9-5-7-3-1-2-4-8(7)6-9;;/h1-4,9H,5-6H2,(H4,11,12,13);2*1H. The highest BCUT2D eigenvalue weighted by Crippen LogP contribution is 2.23. The molecular formula is C10H15Cl2N3. The molecule has 5 heteroatoms. The summed E-state index contributed by atoms with van der Waals surface area (Å²) in [5, 5.41) is 0. The van der Waals surface area contributed by atoms with Crippen LogP contribution < -0.4 is 11.5 Å². The van der Waals surface area contributed by atoms with E-state index >= 15 is 0 Å². The molecule has 0 atom stereocenters. The quantitative estimate of drug-likeness (QED) is 0.580. The molecule has 1 aliphatic carbocycles. The van der Waals surface area contributed by atoms with Crippen LogP contribution in [0.15, 0.2) is 29.3 Å². The van der Waals surface area contributed by atoms with Gasteiger partial charge < -0.3 is 11.5 Å². The molecule has 0 bridgehead atoms. The summed E-state index contributed by atoms with van der Waals surface area (Å²) in [6, 6.07) is 8.63. The number of rotatable bonds is 1. The second-order valence-corrected chi connectivity index (χ2v) is 3.38. The van der Waals surface area contributed by atoms with Crippen LogP contribution >= 0.6 is 24.8 Å². The summed E-state index contributed by atoms with van der Waals surface area (Å²) in [4.78, 5) is 4.16. The van der Waals surface area contributed by atoms with E-state index in [0.717, 1.165) is 12.8 Å². The molecule has 0 aliphatic heterocycles. The first-order valence-electron chi connectivity index (χ1n) is 4.41. The lowest BCUT2D eigenvalue weighted by atomic mass is 10.1. The molecule has 15 heavy (non-hydrogen) atoms. The number of benzene rings is 1. The Morgan fingerprint density at radius 2 is 1.53 bits per heavy atom. The molecule has 0 aromatic heterocycles. The number of nitrogens with zero attached hydrogens (tertiary/aromatic N) is 1. The Balaban J connectivity index is 0.000000980. The Hall–Kier alpha value is -0.930. The Labute approximate surface area is 102 Å². The molecule has 0 saturated carbocycles. The molecular weight excluding hydrogens is 233 g/mol. The molecule has 2 rings (SSSR count). The summed E-state index contributed by atoms with van der Waals surface area (Å²) in [5.41, 5.74) is 13.4. The predicted octanol–water partition coefficient (Wildman–Crippen LogP) is 1.27. The fourth-order valence-corrected chi connectivity index (χ4v) is 1.84. The van der Waals surface area contributed by atoms with Crippen molar-refractivity contribution in [2.45, 2.75) is 18.9 Å². The first-order chi connectivity index (χ1) is 6.25. The van der Waals surface area contributed by atoms with E-state index in [-0.39, 0.29) is 36.8 Å². The Morgan fingerprint density at radius 1 is 1.07 bits per heavy atom. The van der Waals surface area contributed by atoms with Gasteiger partial charge in [-0.1, -0.05) is 24.3 Å². The topological polar surface area (TPSA) is 64.4 Å². The summed E-state index contributed by atoms with van der Waals surface area (Å²) in [7, 11) is 0. The summed E-state index contributed by atoms with van der Waals surface area (Å²) in [6.07, 6.45) is 1.93. The normalized spacial score (nSPS) is 13.3. The zero-order valence-electron chi connectivity index (χ0n) is 8.22. The fraction of sp³-hybridized carbons (Fsp3) is 0.300. The highest BCUT2D eigenvalue weighted by molar-refractivity contribution is 5.85. The maximum absolute atomic E-state index is 5.33. The van der Waals surface area contributed by atoms with E-state index < -0.39 is 0 Å². The van der Waals surface area contributed by atoms with Gasteiger partial charge in [0, 0.05) is 0 Å². The predicted molar refractivity (Wildman–Crippen MR) is 67.9 cm³/mol. The zero-order chi connectivity index (χ0) is 9.26. The molecule has 84 valence electrons. The first kappa shape index (κ1) is 14.1. The number of fused-ring (bicyclic) bond motifs is 1. The van der Waals surface area contributed by atoms with Crippen LogP contribution in [-0.2, 0) is 12.8 Å². The lowest BCUT2D eigenvalue weighted by molar-refractivity contribution is 0.721. The molecule has 0 spiro atoms. The molecule has 4 N–H and O–H groups in total. The molecule has 0 fully saturated rings. The van der Waals surface area contributed by atoms with E-state index in [4.69, 9.17) is 11.5 Å². The van der Waals surface area contributed by atoms with Crippen molar-refractivity contribution in [3.05, 3.63) is 35.4 Å². The number of hydrogen-bond donors (Lipinski definition) is 2. The number of guanidine groups is 1. The van der Waals surface area contributed by atoms with Crippen LogP contribution in [0.25, 0.3) is 0 Å². The summed E-state index contributed by atoms with van der Waals surface area (Å²) < 4.78 is 0. The second-order valence-electron chi connectivity index (χ2n) is 3.38. The van der Waals surface area contributed by atoms with E-state index in [1.165, 1.54) is 11.1 Å². The van der Waals surface area contributed by atoms with Crippen LogP contribution in [0.2, 0.25) is 0 Å². The molecule has 3 nitrogen and oxygen atoms in total. The van der Waals surface area contributed by atoms with Gasteiger partial charge in [0.05, 0.1) is 6.04 Å². The number of hydrogen-bond acceptors (Lipinski definition) is 1. The SMILES string of the molecule is Cl.Cl.NC(N)=NC1Cc2ccccc2C1. The Kier molecular flexibility index (Phi) is 5.47.